The van der Waals surface area contributed by atoms with Gasteiger partial charge >= 0.3 is 0 Å². The van der Waals surface area contributed by atoms with Crippen LogP contribution < -0.4 is 4.74 Å². The second-order valence-corrected chi connectivity index (χ2v) is 7.00. The van der Waals surface area contributed by atoms with E-state index in [4.69, 9.17) is 9.29 Å². The van der Waals surface area contributed by atoms with Gasteiger partial charge in [0.1, 0.15) is 5.75 Å². The van der Waals surface area contributed by atoms with Crippen molar-refractivity contribution in [3.63, 3.8) is 0 Å². The second-order valence-electron chi connectivity index (χ2n) is 5.58. The lowest BCUT2D eigenvalue weighted by molar-refractivity contribution is 0.415. The minimum absolute atomic E-state index is 0.196. The average Bonchev–Trinajstić information content (AvgIpc) is 2.71. The Morgan fingerprint density at radius 3 is 1.29 bits per heavy atom. The number of rotatable bonds is 6. The summed E-state index contributed by atoms with van der Waals surface area (Å²) in [4.78, 5) is -0.196. The number of benzene rings is 3. The summed E-state index contributed by atoms with van der Waals surface area (Å²) in [5, 5.41) is 16.4. The molecule has 1 N–H and O–H groups in total. The van der Waals surface area contributed by atoms with E-state index >= 15 is 0 Å². The van der Waals surface area contributed by atoms with E-state index in [9.17, 15) is 8.42 Å². The SMILES string of the molecule is COc1ccc(/N=N\c2ccc(/N=N\c3ccc(S(=O)(=O)O)cc3)cc2)cc1. The Hall–Kier alpha value is -3.43. The Kier molecular flexibility index (Phi) is 5.87. The molecule has 0 bridgehead atoms. The molecule has 142 valence electrons. The highest BCUT2D eigenvalue weighted by atomic mass is 32.2. The molecule has 0 atom stereocenters. The standard InChI is InChI=1S/C19H16N4O4S/c1-27-18-10-6-16(7-11-18)22-20-14-2-4-15(5-3-14)21-23-17-8-12-19(13-9-17)28(24,25)26/h2-13H,1H3,(H,24,25,26)/b22-20-,23-21-. The van der Waals surface area contributed by atoms with Crippen LogP contribution in [0.15, 0.2) is 98.1 Å². The van der Waals surface area contributed by atoms with Crippen LogP contribution in [0.5, 0.6) is 5.75 Å². The zero-order valence-corrected chi connectivity index (χ0v) is 15.6. The maximum Gasteiger partial charge on any atom is 0.294 e. The Morgan fingerprint density at radius 1 is 0.643 bits per heavy atom. The van der Waals surface area contributed by atoms with Gasteiger partial charge in [-0.05, 0) is 72.8 Å². The van der Waals surface area contributed by atoms with E-state index < -0.39 is 10.1 Å². The van der Waals surface area contributed by atoms with Gasteiger partial charge in [-0.3, -0.25) is 4.55 Å². The summed E-state index contributed by atoms with van der Waals surface area (Å²) in [5.41, 5.74) is 2.42. The molecule has 0 aliphatic carbocycles. The van der Waals surface area contributed by atoms with Crippen LogP contribution in [-0.2, 0) is 10.1 Å². The fraction of sp³-hybridized carbons (Fsp3) is 0.0526. The molecular weight excluding hydrogens is 380 g/mol. The second kappa shape index (κ2) is 8.51. The van der Waals surface area contributed by atoms with Crippen molar-refractivity contribution in [2.24, 2.45) is 20.5 Å². The Morgan fingerprint density at radius 2 is 0.964 bits per heavy atom. The van der Waals surface area contributed by atoms with Crippen LogP contribution in [0.25, 0.3) is 0 Å². The van der Waals surface area contributed by atoms with Crippen LogP contribution in [-0.4, -0.2) is 20.1 Å². The van der Waals surface area contributed by atoms with E-state index in [-0.39, 0.29) is 4.90 Å². The van der Waals surface area contributed by atoms with Crippen molar-refractivity contribution in [3.8, 4) is 5.75 Å². The summed E-state index contributed by atoms with van der Waals surface area (Å²) in [6.45, 7) is 0. The van der Waals surface area contributed by atoms with Crippen molar-refractivity contribution in [3.05, 3.63) is 72.8 Å². The van der Waals surface area contributed by atoms with E-state index in [1.807, 2.05) is 0 Å². The van der Waals surface area contributed by atoms with Crippen LogP contribution in [0, 0.1) is 0 Å². The number of hydrogen-bond donors (Lipinski definition) is 1. The molecule has 0 saturated carbocycles. The van der Waals surface area contributed by atoms with Gasteiger partial charge in [0.2, 0.25) is 0 Å². The van der Waals surface area contributed by atoms with Crippen LogP contribution in [0.3, 0.4) is 0 Å². The molecule has 28 heavy (non-hydrogen) atoms. The zero-order chi connectivity index (χ0) is 20.0. The molecule has 8 nitrogen and oxygen atoms in total. The Balaban J connectivity index is 1.65. The molecule has 0 aromatic heterocycles. The molecule has 0 aliphatic heterocycles. The smallest absolute Gasteiger partial charge is 0.294 e. The van der Waals surface area contributed by atoms with E-state index in [1.165, 1.54) is 24.3 Å². The molecule has 0 spiro atoms. The molecular formula is C19H16N4O4S. The number of ether oxygens (including phenoxy) is 1. The molecule has 3 aromatic carbocycles. The maximum atomic E-state index is 11.0. The fourth-order valence-electron chi connectivity index (χ4n) is 2.15. The molecule has 0 unspecified atom stereocenters. The molecule has 0 fully saturated rings. The van der Waals surface area contributed by atoms with Crippen molar-refractivity contribution in [2.75, 3.05) is 7.11 Å². The molecule has 0 radical (unpaired) electrons. The van der Waals surface area contributed by atoms with Gasteiger partial charge in [0, 0.05) is 0 Å². The third-order valence-corrected chi connectivity index (χ3v) is 4.49. The summed E-state index contributed by atoms with van der Waals surface area (Å²) < 4.78 is 36.1. The fourth-order valence-corrected chi connectivity index (χ4v) is 2.63. The van der Waals surface area contributed by atoms with Gasteiger partial charge in [-0.1, -0.05) is 0 Å². The number of azo groups is 2. The molecule has 0 saturated heterocycles. The van der Waals surface area contributed by atoms with E-state index in [0.717, 1.165) is 5.75 Å². The van der Waals surface area contributed by atoms with Crippen molar-refractivity contribution in [2.45, 2.75) is 4.90 Å². The van der Waals surface area contributed by atoms with Crippen molar-refractivity contribution < 1.29 is 17.7 Å². The lowest BCUT2D eigenvalue weighted by atomic mass is 10.3. The molecule has 0 aliphatic rings. The van der Waals surface area contributed by atoms with Crippen LogP contribution in [0.1, 0.15) is 0 Å². The largest absolute Gasteiger partial charge is 0.497 e. The number of hydrogen-bond acceptors (Lipinski definition) is 7. The quantitative estimate of drug-likeness (QED) is 0.420. The third-order valence-electron chi connectivity index (χ3n) is 3.62. The lowest BCUT2D eigenvalue weighted by Crippen LogP contribution is -1.96. The minimum Gasteiger partial charge on any atom is -0.497 e. The van der Waals surface area contributed by atoms with E-state index in [1.54, 1.807) is 55.6 Å². The third kappa shape index (κ3) is 5.29. The predicted molar refractivity (Wildman–Crippen MR) is 104 cm³/mol. The first-order valence-corrected chi connectivity index (χ1v) is 9.53. The predicted octanol–water partition coefficient (Wildman–Crippen LogP) is 5.77. The highest BCUT2D eigenvalue weighted by Gasteiger charge is 2.08. The van der Waals surface area contributed by atoms with E-state index in [0.29, 0.717) is 22.7 Å². The number of nitrogens with zero attached hydrogens (tertiary/aromatic N) is 4. The average molecular weight is 396 g/mol. The molecule has 3 rings (SSSR count). The molecule has 0 amide bonds. The monoisotopic (exact) mass is 396 g/mol. The first-order valence-electron chi connectivity index (χ1n) is 8.09. The van der Waals surface area contributed by atoms with Crippen molar-refractivity contribution in [1.82, 2.24) is 0 Å². The molecule has 3 aromatic rings. The first-order chi connectivity index (χ1) is 13.4. The lowest BCUT2D eigenvalue weighted by Gasteiger charge is -1.98. The van der Waals surface area contributed by atoms with Gasteiger partial charge in [-0.25, -0.2) is 0 Å². The van der Waals surface area contributed by atoms with Crippen LogP contribution in [0.4, 0.5) is 22.7 Å². The van der Waals surface area contributed by atoms with Gasteiger partial charge < -0.3 is 4.74 Å². The highest BCUT2D eigenvalue weighted by molar-refractivity contribution is 7.85. The maximum absolute atomic E-state index is 11.0. The summed E-state index contributed by atoms with van der Waals surface area (Å²) in [6.07, 6.45) is 0. The first kappa shape index (κ1) is 19.3. The summed E-state index contributed by atoms with van der Waals surface area (Å²) >= 11 is 0. The van der Waals surface area contributed by atoms with Crippen LogP contribution >= 0.6 is 0 Å². The van der Waals surface area contributed by atoms with Gasteiger partial charge in [-0.15, -0.1) is 0 Å². The topological polar surface area (TPSA) is 113 Å². The Labute approximate surface area is 162 Å². The summed E-state index contributed by atoms with van der Waals surface area (Å²) in [6, 6.07) is 19.6. The van der Waals surface area contributed by atoms with Crippen molar-refractivity contribution in [1.29, 1.82) is 0 Å². The van der Waals surface area contributed by atoms with Crippen LogP contribution in [0.2, 0.25) is 0 Å². The van der Waals surface area contributed by atoms with Gasteiger partial charge in [0.15, 0.2) is 0 Å². The summed E-state index contributed by atoms with van der Waals surface area (Å²) in [5.74, 6) is 0.751. The minimum atomic E-state index is -4.22. The zero-order valence-electron chi connectivity index (χ0n) is 14.8. The van der Waals surface area contributed by atoms with E-state index in [2.05, 4.69) is 20.5 Å². The summed E-state index contributed by atoms with van der Waals surface area (Å²) in [7, 11) is -2.62. The van der Waals surface area contributed by atoms with Gasteiger partial charge in [-0.2, -0.15) is 28.9 Å². The van der Waals surface area contributed by atoms with Gasteiger partial charge in [0.05, 0.1) is 34.8 Å². The highest BCUT2D eigenvalue weighted by Crippen LogP contribution is 2.24. The van der Waals surface area contributed by atoms with Gasteiger partial charge in [0.25, 0.3) is 10.1 Å². The normalized spacial score (nSPS) is 11.9. The van der Waals surface area contributed by atoms with Crippen molar-refractivity contribution >= 4 is 32.9 Å². The number of methoxy groups -OCH3 is 1. The molecule has 9 heteroatoms. The molecule has 0 heterocycles. The Bertz CT molecular complexity index is 1090.